The highest BCUT2D eigenvalue weighted by Gasteiger charge is 2.32. The Morgan fingerprint density at radius 1 is 1.40 bits per heavy atom. The molecule has 3 rings (SSSR count). The maximum absolute atomic E-state index is 4.90. The number of nitrogens with zero attached hydrogens (tertiary/aromatic N) is 3. The van der Waals surface area contributed by atoms with Crippen LogP contribution >= 0.6 is 11.3 Å². The molecule has 5 heteroatoms. The molecule has 1 N–H and O–H groups in total. The van der Waals surface area contributed by atoms with Crippen molar-refractivity contribution in [2.24, 2.45) is 11.8 Å². The lowest BCUT2D eigenvalue weighted by molar-refractivity contribution is 0.295. The van der Waals surface area contributed by atoms with Crippen LogP contribution in [-0.2, 0) is 6.54 Å². The number of fused-ring (bicyclic) bond motifs is 1. The van der Waals surface area contributed by atoms with Crippen LogP contribution in [0.2, 0.25) is 0 Å². The molecule has 4 nitrogen and oxygen atoms in total. The summed E-state index contributed by atoms with van der Waals surface area (Å²) in [4.78, 5) is 8.52. The zero-order chi connectivity index (χ0) is 14.3. The fourth-order valence-electron chi connectivity index (χ4n) is 3.38. The average Bonchev–Trinajstić information content (AvgIpc) is 2.97. The molecule has 1 aliphatic heterocycles. The van der Waals surface area contributed by atoms with Gasteiger partial charge in [0.15, 0.2) is 10.8 Å². The summed E-state index contributed by atoms with van der Waals surface area (Å²) in [5, 5.41) is 5.39. The minimum Gasteiger partial charge on any atom is -0.352 e. The molecule has 3 heterocycles. The van der Waals surface area contributed by atoms with Gasteiger partial charge >= 0.3 is 0 Å². The summed E-state index contributed by atoms with van der Waals surface area (Å²) >= 11 is 1.71. The van der Waals surface area contributed by atoms with E-state index in [1.165, 1.54) is 17.9 Å². The lowest BCUT2D eigenvalue weighted by Gasteiger charge is -2.41. The van der Waals surface area contributed by atoms with E-state index in [-0.39, 0.29) is 0 Å². The molecule has 20 heavy (non-hydrogen) atoms. The van der Waals surface area contributed by atoms with E-state index >= 15 is 0 Å². The fraction of sp³-hybridized carbons (Fsp3) is 0.667. The number of hydrogen-bond donors (Lipinski definition) is 1. The lowest BCUT2D eigenvalue weighted by Crippen LogP contribution is -2.46. The number of imidazole rings is 1. The Morgan fingerprint density at radius 3 is 2.95 bits per heavy atom. The third-order valence-electron chi connectivity index (χ3n) is 4.55. The molecule has 2 aromatic rings. The van der Waals surface area contributed by atoms with Gasteiger partial charge in [-0.25, -0.2) is 4.98 Å². The molecule has 0 aliphatic carbocycles. The monoisotopic (exact) mass is 292 g/mol. The van der Waals surface area contributed by atoms with E-state index < -0.39 is 0 Å². The average molecular weight is 292 g/mol. The highest BCUT2D eigenvalue weighted by molar-refractivity contribution is 7.15. The molecular weight excluding hydrogens is 268 g/mol. The Bertz CT molecular complexity index is 588. The second kappa shape index (κ2) is 5.37. The van der Waals surface area contributed by atoms with Gasteiger partial charge in [0.2, 0.25) is 0 Å². The molecule has 1 fully saturated rings. The predicted molar refractivity (Wildman–Crippen MR) is 85.6 cm³/mol. The molecule has 2 aromatic heterocycles. The van der Waals surface area contributed by atoms with Crippen LogP contribution in [0.5, 0.6) is 0 Å². The van der Waals surface area contributed by atoms with Crippen molar-refractivity contribution in [1.29, 1.82) is 0 Å². The smallest absolute Gasteiger partial charge is 0.195 e. The number of nitrogens with one attached hydrogen (secondary N) is 1. The Hall–Kier alpha value is -1.07. The minimum atomic E-state index is 0.561. The summed E-state index contributed by atoms with van der Waals surface area (Å²) in [5.41, 5.74) is 1.29. The minimum absolute atomic E-state index is 0.561. The highest BCUT2D eigenvalue weighted by Crippen LogP contribution is 2.33. The first kappa shape index (κ1) is 13.9. The molecule has 3 atom stereocenters. The van der Waals surface area contributed by atoms with Crippen molar-refractivity contribution in [3.05, 3.63) is 17.3 Å². The zero-order valence-electron chi connectivity index (χ0n) is 12.8. The molecule has 0 saturated carbocycles. The molecule has 1 saturated heterocycles. The third kappa shape index (κ3) is 2.23. The molecular formula is C15H24N4S. The van der Waals surface area contributed by atoms with Crippen LogP contribution in [0.1, 0.15) is 32.9 Å². The van der Waals surface area contributed by atoms with Gasteiger partial charge in [0.25, 0.3) is 0 Å². The van der Waals surface area contributed by atoms with Gasteiger partial charge in [-0.05, 0) is 32.2 Å². The van der Waals surface area contributed by atoms with Gasteiger partial charge in [-0.1, -0.05) is 13.8 Å². The van der Waals surface area contributed by atoms with Crippen LogP contribution in [0.25, 0.3) is 4.96 Å². The van der Waals surface area contributed by atoms with E-state index in [9.17, 15) is 0 Å². The summed E-state index contributed by atoms with van der Waals surface area (Å²) in [6.45, 7) is 9.04. The van der Waals surface area contributed by atoms with Crippen molar-refractivity contribution in [2.75, 3.05) is 18.5 Å². The van der Waals surface area contributed by atoms with E-state index in [1.807, 2.05) is 7.05 Å². The quantitative estimate of drug-likeness (QED) is 0.944. The summed E-state index contributed by atoms with van der Waals surface area (Å²) in [7, 11) is 2.00. The highest BCUT2D eigenvalue weighted by atomic mass is 32.1. The molecule has 110 valence electrons. The third-order valence-corrected chi connectivity index (χ3v) is 5.31. The summed E-state index contributed by atoms with van der Waals surface area (Å²) in [5.74, 6) is 2.64. The standard InChI is InChI=1S/C15H24N4S/c1-10-7-11(2)12(3)19(9-10)14-13(8-16-4)18-5-6-20-15(18)17-14/h5-6,10-12,16H,7-9H2,1-4H3. The second-order valence-corrected chi connectivity index (χ2v) is 7.05. The molecule has 0 spiro atoms. The molecule has 1 aliphatic rings. The van der Waals surface area contributed by atoms with Crippen molar-refractivity contribution in [3.63, 3.8) is 0 Å². The van der Waals surface area contributed by atoms with Gasteiger partial charge in [-0.2, -0.15) is 0 Å². The van der Waals surface area contributed by atoms with Crippen molar-refractivity contribution in [2.45, 2.75) is 39.8 Å². The first-order valence-corrected chi connectivity index (χ1v) is 8.35. The van der Waals surface area contributed by atoms with Crippen molar-refractivity contribution < 1.29 is 0 Å². The Kier molecular flexibility index (Phi) is 3.73. The van der Waals surface area contributed by atoms with Gasteiger partial charge in [0, 0.05) is 30.7 Å². The normalized spacial score (nSPS) is 27.4. The Labute approximate surface area is 124 Å². The van der Waals surface area contributed by atoms with E-state index in [2.05, 4.69) is 47.0 Å². The largest absolute Gasteiger partial charge is 0.352 e. The summed E-state index contributed by atoms with van der Waals surface area (Å²) < 4.78 is 2.23. The fourth-order valence-corrected chi connectivity index (χ4v) is 4.11. The van der Waals surface area contributed by atoms with Crippen LogP contribution in [0.3, 0.4) is 0 Å². The van der Waals surface area contributed by atoms with Crippen molar-refractivity contribution in [1.82, 2.24) is 14.7 Å². The first-order valence-electron chi connectivity index (χ1n) is 7.47. The number of aromatic nitrogens is 2. The maximum atomic E-state index is 4.90. The zero-order valence-corrected chi connectivity index (χ0v) is 13.6. The number of hydrogen-bond acceptors (Lipinski definition) is 4. The van der Waals surface area contributed by atoms with Gasteiger partial charge in [-0.3, -0.25) is 4.40 Å². The van der Waals surface area contributed by atoms with E-state index in [4.69, 9.17) is 4.98 Å². The Morgan fingerprint density at radius 2 is 2.20 bits per heavy atom. The maximum Gasteiger partial charge on any atom is 0.195 e. The molecule has 0 radical (unpaired) electrons. The first-order chi connectivity index (χ1) is 9.61. The van der Waals surface area contributed by atoms with Gasteiger partial charge in [-0.15, -0.1) is 11.3 Å². The van der Waals surface area contributed by atoms with Crippen LogP contribution in [0.15, 0.2) is 11.6 Å². The van der Waals surface area contributed by atoms with E-state index in [0.29, 0.717) is 6.04 Å². The molecule has 0 bridgehead atoms. The number of piperidine rings is 1. The lowest BCUT2D eigenvalue weighted by atomic mass is 9.86. The van der Waals surface area contributed by atoms with E-state index in [0.717, 1.165) is 29.9 Å². The number of anilines is 1. The molecule has 3 unspecified atom stereocenters. The predicted octanol–water partition coefficient (Wildman–Crippen LogP) is 2.99. The van der Waals surface area contributed by atoms with Crippen LogP contribution in [0.4, 0.5) is 5.82 Å². The number of rotatable bonds is 3. The topological polar surface area (TPSA) is 32.6 Å². The van der Waals surface area contributed by atoms with Crippen molar-refractivity contribution >= 4 is 22.1 Å². The van der Waals surface area contributed by atoms with Crippen LogP contribution in [-0.4, -0.2) is 29.0 Å². The van der Waals surface area contributed by atoms with Gasteiger partial charge in [0.05, 0.1) is 5.69 Å². The summed E-state index contributed by atoms with van der Waals surface area (Å²) in [6.07, 6.45) is 3.45. The SMILES string of the molecule is CNCc1c(N2CC(C)CC(C)C2C)nc2sccn12. The van der Waals surface area contributed by atoms with Crippen molar-refractivity contribution in [3.8, 4) is 0 Å². The summed E-state index contributed by atoms with van der Waals surface area (Å²) in [6, 6.07) is 0.561. The second-order valence-electron chi connectivity index (χ2n) is 6.18. The van der Waals surface area contributed by atoms with Gasteiger partial charge < -0.3 is 10.2 Å². The van der Waals surface area contributed by atoms with Crippen LogP contribution in [0, 0.1) is 11.8 Å². The number of thiazole rings is 1. The molecule has 0 aromatic carbocycles. The van der Waals surface area contributed by atoms with E-state index in [1.54, 1.807) is 11.3 Å². The Balaban J connectivity index is 2.03. The van der Waals surface area contributed by atoms with Gasteiger partial charge in [0.1, 0.15) is 0 Å². The molecule has 0 amide bonds. The van der Waals surface area contributed by atoms with Crippen LogP contribution < -0.4 is 10.2 Å².